The maximum Gasteiger partial charge on any atom is 0.119 e. The Balaban J connectivity index is 1.77. The van der Waals surface area contributed by atoms with Gasteiger partial charge in [0, 0.05) is 10.6 Å². The lowest BCUT2D eigenvalue weighted by Gasteiger charge is -2.15. The summed E-state index contributed by atoms with van der Waals surface area (Å²) in [5, 5.41) is 2.40. The first kappa shape index (κ1) is 13.4. The molecule has 1 aliphatic heterocycles. The average Bonchev–Trinajstić information content (AvgIpc) is 2.60. The second-order valence-electron chi connectivity index (χ2n) is 5.24. The van der Waals surface area contributed by atoms with E-state index in [0.717, 1.165) is 22.9 Å². The minimum Gasteiger partial charge on any atom is -0.497 e. The van der Waals surface area contributed by atoms with E-state index in [2.05, 4.69) is 48.5 Å². The molecule has 0 aliphatic carbocycles. The zero-order valence-corrected chi connectivity index (χ0v) is 13.1. The molecule has 0 aromatic heterocycles. The minimum absolute atomic E-state index is 0.889. The van der Waals surface area contributed by atoms with Gasteiger partial charge in [-0.2, -0.15) is 0 Å². The zero-order chi connectivity index (χ0) is 14.9. The topological polar surface area (TPSA) is 21.6 Å². The van der Waals surface area contributed by atoms with Crippen molar-refractivity contribution in [2.45, 2.75) is 4.90 Å². The average molecular weight is 305 g/mol. The molecular weight excluding hydrogens is 290 g/mol. The van der Waals surface area contributed by atoms with E-state index in [9.17, 15) is 0 Å². The molecule has 0 radical (unpaired) electrons. The first-order chi connectivity index (χ1) is 10.8. The smallest absolute Gasteiger partial charge is 0.119 e. The lowest BCUT2D eigenvalue weighted by atomic mass is 10.0. The van der Waals surface area contributed by atoms with Crippen molar-refractivity contribution in [2.75, 3.05) is 12.9 Å². The number of fused-ring (bicyclic) bond motifs is 2. The van der Waals surface area contributed by atoms with Gasteiger partial charge in [-0.1, -0.05) is 30.3 Å². The Kier molecular flexibility index (Phi) is 3.35. The summed E-state index contributed by atoms with van der Waals surface area (Å²) >= 11 is 1.85. The lowest BCUT2D eigenvalue weighted by molar-refractivity contribution is 0.415. The van der Waals surface area contributed by atoms with E-state index in [1.807, 2.05) is 23.9 Å². The minimum atomic E-state index is 0.889. The van der Waals surface area contributed by atoms with Crippen molar-refractivity contribution < 1.29 is 4.74 Å². The largest absolute Gasteiger partial charge is 0.497 e. The van der Waals surface area contributed by atoms with Gasteiger partial charge in [-0.05, 0) is 46.7 Å². The SMILES string of the molecule is COc1ccc2cc(C3=Nc4ccccc4SC3)ccc2c1. The summed E-state index contributed by atoms with van der Waals surface area (Å²) in [4.78, 5) is 6.09. The number of hydrogen-bond acceptors (Lipinski definition) is 3. The van der Waals surface area contributed by atoms with Crippen molar-refractivity contribution in [2.24, 2.45) is 4.99 Å². The predicted molar refractivity (Wildman–Crippen MR) is 93.9 cm³/mol. The Morgan fingerprint density at radius 1 is 0.955 bits per heavy atom. The number of para-hydroxylation sites is 1. The summed E-state index contributed by atoms with van der Waals surface area (Å²) in [5.41, 5.74) is 3.41. The molecule has 1 heterocycles. The fraction of sp³-hybridized carbons (Fsp3) is 0.105. The van der Waals surface area contributed by atoms with Crippen LogP contribution in [0.25, 0.3) is 10.8 Å². The first-order valence-electron chi connectivity index (χ1n) is 7.21. The number of methoxy groups -OCH3 is 1. The molecule has 1 aliphatic rings. The molecule has 0 bridgehead atoms. The van der Waals surface area contributed by atoms with Crippen molar-refractivity contribution in [1.82, 2.24) is 0 Å². The first-order valence-corrected chi connectivity index (χ1v) is 8.19. The number of hydrogen-bond donors (Lipinski definition) is 0. The molecule has 0 fully saturated rings. The molecule has 3 aromatic carbocycles. The standard InChI is InChI=1S/C19H15NOS/c1-21-16-9-8-13-10-15(7-6-14(13)11-16)18-12-22-19-5-3-2-4-17(19)20-18/h2-11H,12H2,1H3. The summed E-state index contributed by atoms with van der Waals surface area (Å²) in [7, 11) is 1.70. The molecule has 3 aromatic rings. The van der Waals surface area contributed by atoms with E-state index in [-0.39, 0.29) is 0 Å². The number of aliphatic imine (C=N–C) groups is 1. The molecule has 0 saturated heterocycles. The Morgan fingerprint density at radius 2 is 1.77 bits per heavy atom. The highest BCUT2D eigenvalue weighted by Gasteiger charge is 2.13. The van der Waals surface area contributed by atoms with Gasteiger partial charge in [0.15, 0.2) is 0 Å². The van der Waals surface area contributed by atoms with E-state index >= 15 is 0 Å². The second kappa shape index (κ2) is 5.50. The summed E-state index contributed by atoms with van der Waals surface area (Å²) in [6, 6.07) is 21.0. The number of nitrogens with zero attached hydrogens (tertiary/aromatic N) is 1. The summed E-state index contributed by atoms with van der Waals surface area (Å²) < 4.78 is 5.28. The van der Waals surface area contributed by atoms with Crippen LogP contribution >= 0.6 is 11.8 Å². The van der Waals surface area contributed by atoms with Crippen LogP contribution in [0, 0.1) is 0 Å². The predicted octanol–water partition coefficient (Wildman–Crippen LogP) is 5.07. The van der Waals surface area contributed by atoms with Gasteiger partial charge in [-0.15, -0.1) is 11.8 Å². The van der Waals surface area contributed by atoms with Gasteiger partial charge in [0.1, 0.15) is 5.75 Å². The summed E-state index contributed by atoms with van der Waals surface area (Å²) in [6.07, 6.45) is 0. The molecule has 0 N–H and O–H groups in total. The fourth-order valence-electron chi connectivity index (χ4n) is 2.67. The number of benzene rings is 3. The maximum atomic E-state index is 5.28. The Labute approximate surface area is 133 Å². The molecule has 0 atom stereocenters. The Bertz CT molecular complexity index is 885. The van der Waals surface area contributed by atoms with E-state index in [0.29, 0.717) is 0 Å². The molecule has 3 heteroatoms. The van der Waals surface area contributed by atoms with Gasteiger partial charge in [-0.25, -0.2) is 0 Å². The van der Waals surface area contributed by atoms with Gasteiger partial charge in [0.2, 0.25) is 0 Å². The second-order valence-corrected chi connectivity index (χ2v) is 6.26. The number of ether oxygens (including phenoxy) is 1. The number of thioether (sulfide) groups is 1. The van der Waals surface area contributed by atoms with Crippen LogP contribution in [0.5, 0.6) is 5.75 Å². The quantitative estimate of drug-likeness (QED) is 0.659. The van der Waals surface area contributed by atoms with Crippen molar-refractivity contribution in [3.8, 4) is 5.75 Å². The van der Waals surface area contributed by atoms with Crippen LogP contribution in [-0.4, -0.2) is 18.6 Å². The highest BCUT2D eigenvalue weighted by molar-refractivity contribution is 8.00. The zero-order valence-electron chi connectivity index (χ0n) is 12.2. The third-order valence-electron chi connectivity index (χ3n) is 3.87. The molecule has 0 unspecified atom stereocenters. The normalized spacial score (nSPS) is 13.6. The summed E-state index contributed by atoms with van der Waals surface area (Å²) in [5.74, 6) is 1.80. The van der Waals surface area contributed by atoms with Crippen molar-refractivity contribution in [1.29, 1.82) is 0 Å². The van der Waals surface area contributed by atoms with E-state index in [4.69, 9.17) is 9.73 Å². The van der Waals surface area contributed by atoms with Gasteiger partial charge >= 0.3 is 0 Å². The Hall–Kier alpha value is -2.26. The van der Waals surface area contributed by atoms with Crippen LogP contribution in [0.1, 0.15) is 5.56 Å². The Morgan fingerprint density at radius 3 is 2.68 bits per heavy atom. The highest BCUT2D eigenvalue weighted by Crippen LogP contribution is 2.35. The van der Waals surface area contributed by atoms with Crippen LogP contribution in [0.2, 0.25) is 0 Å². The van der Waals surface area contributed by atoms with Gasteiger partial charge in [-0.3, -0.25) is 4.99 Å². The fourth-order valence-corrected chi connectivity index (χ4v) is 3.63. The molecular formula is C19H15NOS. The number of rotatable bonds is 2. The van der Waals surface area contributed by atoms with Crippen LogP contribution in [0.3, 0.4) is 0 Å². The third-order valence-corrected chi connectivity index (χ3v) is 4.94. The van der Waals surface area contributed by atoms with E-state index < -0.39 is 0 Å². The lowest BCUT2D eigenvalue weighted by Crippen LogP contribution is -2.07. The molecule has 0 amide bonds. The van der Waals surface area contributed by atoms with Gasteiger partial charge in [0.05, 0.1) is 18.5 Å². The molecule has 108 valence electrons. The van der Waals surface area contributed by atoms with Crippen molar-refractivity contribution >= 4 is 33.9 Å². The van der Waals surface area contributed by atoms with Crippen LogP contribution < -0.4 is 4.74 Å². The van der Waals surface area contributed by atoms with Gasteiger partial charge < -0.3 is 4.74 Å². The molecule has 0 saturated carbocycles. The van der Waals surface area contributed by atoms with Crippen LogP contribution in [0.15, 0.2) is 70.6 Å². The van der Waals surface area contributed by atoms with Gasteiger partial charge in [0.25, 0.3) is 0 Å². The van der Waals surface area contributed by atoms with E-state index in [1.54, 1.807) is 7.11 Å². The maximum absolute atomic E-state index is 5.28. The van der Waals surface area contributed by atoms with E-state index in [1.165, 1.54) is 21.2 Å². The van der Waals surface area contributed by atoms with Crippen molar-refractivity contribution in [3.63, 3.8) is 0 Å². The van der Waals surface area contributed by atoms with Crippen molar-refractivity contribution in [3.05, 3.63) is 66.2 Å². The monoisotopic (exact) mass is 305 g/mol. The van der Waals surface area contributed by atoms with Crippen LogP contribution in [-0.2, 0) is 0 Å². The highest BCUT2D eigenvalue weighted by atomic mass is 32.2. The summed E-state index contributed by atoms with van der Waals surface area (Å²) in [6.45, 7) is 0. The molecule has 0 spiro atoms. The van der Waals surface area contributed by atoms with Crippen LogP contribution in [0.4, 0.5) is 5.69 Å². The molecule has 22 heavy (non-hydrogen) atoms. The molecule has 2 nitrogen and oxygen atoms in total. The molecule has 4 rings (SSSR count). The third kappa shape index (κ3) is 2.38.